The second-order valence-electron chi connectivity index (χ2n) is 11.7. The molecule has 1 unspecified atom stereocenters. The van der Waals surface area contributed by atoms with E-state index >= 15 is 0 Å². The maximum atomic E-state index is 12.7. The molecule has 3 fully saturated rings. The number of pyridine rings is 1. The lowest BCUT2D eigenvalue weighted by Gasteiger charge is -2.43. The van der Waals surface area contributed by atoms with Gasteiger partial charge in [0.2, 0.25) is 5.95 Å². The first-order valence-electron chi connectivity index (χ1n) is 14.9. The van der Waals surface area contributed by atoms with Crippen molar-refractivity contribution in [3.63, 3.8) is 0 Å². The standard InChI is InChI=1S/C31H38N6O4/c1-35-17-25(23-9-10-32-28(23)30(35)39)21-7-8-26-24(15-21)29(34-31(33-26)36-11-14-41-22(16-36)18-38)37-12-13-40-19-27(37)20-5-3-2-4-6-20/h7-10,15,17,20,22,27,32,38H,2-6,11-14,16,18-19H2,1H3/t22?,27-/m1/s1. The number of aliphatic hydroxyl groups excluding tert-OH is 1. The summed E-state index contributed by atoms with van der Waals surface area (Å²) in [4.78, 5) is 30.8. The Balaban J connectivity index is 1.38. The van der Waals surface area contributed by atoms with Crippen LogP contribution in [-0.4, -0.2) is 82.8 Å². The van der Waals surface area contributed by atoms with Crippen LogP contribution in [0.1, 0.15) is 32.1 Å². The van der Waals surface area contributed by atoms with Crippen LogP contribution in [0.2, 0.25) is 0 Å². The van der Waals surface area contributed by atoms with Crippen molar-refractivity contribution < 1.29 is 14.6 Å². The van der Waals surface area contributed by atoms with Crippen LogP contribution in [0.25, 0.3) is 32.9 Å². The van der Waals surface area contributed by atoms with Gasteiger partial charge in [-0.2, -0.15) is 4.98 Å². The molecule has 10 heteroatoms. The molecule has 4 aromatic rings. The number of fused-ring (bicyclic) bond motifs is 2. The summed E-state index contributed by atoms with van der Waals surface area (Å²) in [6.07, 6.45) is 9.77. The van der Waals surface area contributed by atoms with Gasteiger partial charge >= 0.3 is 0 Å². The summed E-state index contributed by atoms with van der Waals surface area (Å²) in [5, 5.41) is 11.7. The first-order valence-corrected chi connectivity index (χ1v) is 14.9. The maximum absolute atomic E-state index is 12.7. The highest BCUT2D eigenvalue weighted by Crippen LogP contribution is 2.38. The van der Waals surface area contributed by atoms with E-state index in [-0.39, 0.29) is 24.3 Å². The normalized spacial score (nSPS) is 22.6. The number of aliphatic hydroxyl groups is 1. The molecule has 1 saturated carbocycles. The summed E-state index contributed by atoms with van der Waals surface area (Å²) < 4.78 is 13.4. The lowest BCUT2D eigenvalue weighted by Crippen LogP contribution is -2.51. The molecule has 0 spiro atoms. The number of aromatic nitrogens is 4. The van der Waals surface area contributed by atoms with Crippen LogP contribution in [0.15, 0.2) is 41.5 Å². The van der Waals surface area contributed by atoms with Crippen molar-refractivity contribution in [2.45, 2.75) is 44.2 Å². The maximum Gasteiger partial charge on any atom is 0.274 e. The number of ether oxygens (including phenoxy) is 2. The predicted molar refractivity (Wildman–Crippen MR) is 160 cm³/mol. The van der Waals surface area contributed by atoms with E-state index in [4.69, 9.17) is 19.4 Å². The van der Waals surface area contributed by atoms with Gasteiger partial charge in [-0.25, -0.2) is 4.98 Å². The average Bonchev–Trinajstić information content (AvgIpc) is 3.53. The molecule has 7 rings (SSSR count). The van der Waals surface area contributed by atoms with E-state index in [9.17, 15) is 9.90 Å². The van der Waals surface area contributed by atoms with Crippen LogP contribution in [0.5, 0.6) is 0 Å². The molecule has 0 radical (unpaired) electrons. The molecule has 2 atom stereocenters. The lowest BCUT2D eigenvalue weighted by molar-refractivity contribution is 0.00315. The molecule has 1 aliphatic carbocycles. The number of benzene rings is 1. The van der Waals surface area contributed by atoms with Crippen LogP contribution in [0.3, 0.4) is 0 Å². The Labute approximate surface area is 238 Å². The van der Waals surface area contributed by atoms with Crippen LogP contribution >= 0.6 is 0 Å². The predicted octanol–water partition coefficient (Wildman–Crippen LogP) is 3.46. The van der Waals surface area contributed by atoms with Gasteiger partial charge in [0.05, 0.1) is 44.1 Å². The molecule has 0 amide bonds. The molecule has 2 saturated heterocycles. The molecule has 3 aromatic heterocycles. The summed E-state index contributed by atoms with van der Waals surface area (Å²) in [6.45, 7) is 3.89. The molecule has 2 aliphatic heterocycles. The Bertz CT molecular complexity index is 1610. The fourth-order valence-corrected chi connectivity index (χ4v) is 6.93. The summed E-state index contributed by atoms with van der Waals surface area (Å²) in [7, 11) is 1.79. The number of hydrogen-bond donors (Lipinski definition) is 2. The van der Waals surface area contributed by atoms with Crippen molar-refractivity contribution >= 4 is 33.6 Å². The average molecular weight is 559 g/mol. The highest BCUT2D eigenvalue weighted by atomic mass is 16.5. The number of H-pyrrole nitrogens is 1. The first-order chi connectivity index (χ1) is 20.1. The molecular weight excluding hydrogens is 520 g/mol. The molecule has 41 heavy (non-hydrogen) atoms. The van der Waals surface area contributed by atoms with Crippen molar-refractivity contribution in [1.82, 2.24) is 19.5 Å². The van der Waals surface area contributed by atoms with E-state index in [1.807, 2.05) is 18.5 Å². The van der Waals surface area contributed by atoms with Gasteiger partial charge in [-0.05, 0) is 42.5 Å². The van der Waals surface area contributed by atoms with Gasteiger partial charge in [-0.1, -0.05) is 25.3 Å². The van der Waals surface area contributed by atoms with E-state index in [2.05, 4.69) is 33.0 Å². The zero-order chi connectivity index (χ0) is 27.9. The number of nitrogens with one attached hydrogen (secondary N) is 1. The minimum Gasteiger partial charge on any atom is -0.394 e. The van der Waals surface area contributed by atoms with Crippen LogP contribution in [-0.2, 0) is 16.5 Å². The number of aromatic amines is 1. The second-order valence-corrected chi connectivity index (χ2v) is 11.7. The fourth-order valence-electron chi connectivity index (χ4n) is 6.93. The minimum absolute atomic E-state index is 0.0271. The van der Waals surface area contributed by atoms with Gasteiger partial charge in [0.25, 0.3) is 5.56 Å². The van der Waals surface area contributed by atoms with Crippen molar-refractivity contribution in [3.05, 3.63) is 47.0 Å². The van der Waals surface area contributed by atoms with Gasteiger partial charge in [-0.3, -0.25) is 4.79 Å². The van der Waals surface area contributed by atoms with E-state index < -0.39 is 0 Å². The Kier molecular flexibility index (Phi) is 7.14. The second kappa shape index (κ2) is 11.1. The molecular formula is C31H38N6O4. The van der Waals surface area contributed by atoms with Crippen molar-refractivity contribution in [3.8, 4) is 11.1 Å². The number of hydrogen-bond acceptors (Lipinski definition) is 8. The monoisotopic (exact) mass is 558 g/mol. The summed E-state index contributed by atoms with van der Waals surface area (Å²) in [6, 6.07) is 8.58. The molecule has 3 aliphatic rings. The fraction of sp³-hybridized carbons (Fsp3) is 0.516. The van der Waals surface area contributed by atoms with Gasteiger partial charge in [0.1, 0.15) is 11.3 Å². The Morgan fingerprint density at radius 3 is 2.80 bits per heavy atom. The first kappa shape index (κ1) is 26.4. The van der Waals surface area contributed by atoms with Crippen molar-refractivity contribution in [2.24, 2.45) is 13.0 Å². The quantitative estimate of drug-likeness (QED) is 0.384. The Morgan fingerprint density at radius 1 is 1.07 bits per heavy atom. The third kappa shape index (κ3) is 4.87. The molecule has 5 heterocycles. The van der Waals surface area contributed by atoms with E-state index in [1.165, 1.54) is 32.1 Å². The highest BCUT2D eigenvalue weighted by molar-refractivity contribution is 5.99. The zero-order valence-electron chi connectivity index (χ0n) is 23.6. The van der Waals surface area contributed by atoms with E-state index in [1.54, 1.807) is 11.6 Å². The Hall–Kier alpha value is -3.47. The molecule has 0 bridgehead atoms. The largest absolute Gasteiger partial charge is 0.394 e. The van der Waals surface area contributed by atoms with Crippen LogP contribution in [0.4, 0.5) is 11.8 Å². The molecule has 216 valence electrons. The Morgan fingerprint density at radius 2 is 1.95 bits per heavy atom. The van der Waals surface area contributed by atoms with E-state index in [0.29, 0.717) is 50.3 Å². The summed E-state index contributed by atoms with van der Waals surface area (Å²) >= 11 is 0. The summed E-state index contributed by atoms with van der Waals surface area (Å²) in [5.74, 6) is 2.19. The third-order valence-electron chi connectivity index (χ3n) is 9.13. The zero-order valence-corrected chi connectivity index (χ0v) is 23.6. The highest BCUT2D eigenvalue weighted by Gasteiger charge is 2.34. The third-order valence-corrected chi connectivity index (χ3v) is 9.13. The molecule has 10 nitrogen and oxygen atoms in total. The van der Waals surface area contributed by atoms with E-state index in [0.717, 1.165) is 39.8 Å². The van der Waals surface area contributed by atoms with Gasteiger partial charge in [0.15, 0.2) is 0 Å². The topological polar surface area (TPSA) is 109 Å². The van der Waals surface area contributed by atoms with Crippen LogP contribution < -0.4 is 15.4 Å². The number of rotatable bonds is 5. The van der Waals surface area contributed by atoms with Crippen LogP contribution in [0, 0.1) is 5.92 Å². The number of nitrogens with zero attached hydrogens (tertiary/aromatic N) is 5. The van der Waals surface area contributed by atoms with Gasteiger partial charge in [0, 0.05) is 55.4 Å². The minimum atomic E-state index is -0.249. The number of aryl methyl sites for hydroxylation is 1. The van der Waals surface area contributed by atoms with Gasteiger partial charge in [-0.15, -0.1) is 0 Å². The summed E-state index contributed by atoms with van der Waals surface area (Å²) in [5.41, 5.74) is 3.45. The SMILES string of the molecule is Cn1cc(-c2ccc3nc(N4CCOC(CO)C4)nc(N4CCOC[C@@H]4C4CCCCC4)c3c2)c2cc[nH]c2c1=O. The number of morpholine rings is 2. The molecule has 1 aromatic carbocycles. The number of anilines is 2. The van der Waals surface area contributed by atoms with Crippen molar-refractivity contribution in [1.29, 1.82) is 0 Å². The van der Waals surface area contributed by atoms with Gasteiger partial charge < -0.3 is 33.9 Å². The smallest absolute Gasteiger partial charge is 0.274 e. The lowest BCUT2D eigenvalue weighted by atomic mass is 9.83. The van der Waals surface area contributed by atoms with Crippen molar-refractivity contribution in [2.75, 3.05) is 55.9 Å². The molecule has 2 N–H and O–H groups in total.